The Bertz CT molecular complexity index is 3360. The molecule has 0 unspecified atom stereocenters. The first-order chi connectivity index (χ1) is 42.4. The zero-order valence-electron chi connectivity index (χ0n) is 48.8. The van der Waals surface area contributed by atoms with Crippen molar-refractivity contribution >= 4 is 60.7 Å². The largest absolute Gasteiger partial charge is 0.493 e. The van der Waals surface area contributed by atoms with Gasteiger partial charge in [-0.15, -0.1) is 0 Å². The lowest BCUT2D eigenvalue weighted by atomic mass is 9.91. The summed E-state index contributed by atoms with van der Waals surface area (Å²) in [5.41, 5.74) is 6.62. The van der Waals surface area contributed by atoms with E-state index in [0.29, 0.717) is 101 Å². The summed E-state index contributed by atoms with van der Waals surface area (Å²) in [5, 5.41) is 0. The molecule has 90 heavy (non-hydrogen) atoms. The molecule has 30 heteroatoms. The fourth-order valence-corrected chi connectivity index (χ4v) is 13.2. The van der Waals surface area contributed by atoms with Crippen molar-refractivity contribution in [1.29, 1.82) is 0 Å². The summed E-state index contributed by atoms with van der Waals surface area (Å²) in [6, 6.07) is 31.9. The van der Waals surface area contributed by atoms with Crippen LogP contribution in [0.15, 0.2) is 109 Å². The third-order valence-corrected chi connectivity index (χ3v) is 18.9. The number of fused-ring (bicyclic) bond motifs is 12. The lowest BCUT2D eigenvalue weighted by molar-refractivity contribution is 0.303. The highest BCUT2D eigenvalue weighted by atomic mass is 32.2. The van der Waals surface area contributed by atoms with Crippen molar-refractivity contribution in [3.8, 4) is 34.5 Å². The van der Waals surface area contributed by atoms with E-state index >= 15 is 0 Å². The van der Waals surface area contributed by atoms with Gasteiger partial charge in [0, 0.05) is 38.5 Å². The molecule has 0 fully saturated rings. The number of para-hydroxylation sites is 6. The normalized spacial score (nSPS) is 13.4. The molecule has 6 aromatic rings. The van der Waals surface area contributed by atoms with Crippen LogP contribution in [-0.4, -0.2) is 152 Å². The third kappa shape index (κ3) is 23.7. The highest BCUT2D eigenvalue weighted by Crippen LogP contribution is 2.41. The zero-order valence-corrected chi connectivity index (χ0v) is 53.7. The van der Waals surface area contributed by atoms with Gasteiger partial charge in [0.1, 0.15) is 34.5 Å². The van der Waals surface area contributed by atoms with Crippen LogP contribution in [0.2, 0.25) is 0 Å². The Balaban J connectivity index is 1.49. The standard InChI is InChI=1S/C60H72O24S6/c61-85(62,63)31-7-25-79-55-43-13-1-14-44(55)38-46-16-3-18-48(57(46)81-27-9-33-87(67,68)69)40-50-20-5-22-52(59(50)83-29-11-35-89(73,74)75)42-54-24-6-23-53(60(54)84-30-12-36-90(76,77)78)41-51-21-4-19-49(58(51)82-28-10-34-88(70,71)72)39-47-17-2-15-45(37-43)56(47)80-26-8-32-86(64,65)66/h1-6,13-24H,7-12,25-42H2,(H,61,62,63)(H,64,65,66)(H,67,68,69)(H,70,71,72)(H,73,74,75)(H,76,77,78). The number of hydrogen-bond acceptors (Lipinski definition) is 18. The minimum atomic E-state index is -4.41. The van der Waals surface area contributed by atoms with Crippen molar-refractivity contribution in [3.05, 3.63) is 176 Å². The maximum absolute atomic E-state index is 11.9. The molecule has 12 bridgehead atoms. The van der Waals surface area contributed by atoms with Gasteiger partial charge in [0.2, 0.25) is 0 Å². The topological polar surface area (TPSA) is 382 Å². The molecule has 0 atom stereocenters. The van der Waals surface area contributed by atoms with E-state index in [1.54, 1.807) is 109 Å². The summed E-state index contributed by atoms with van der Waals surface area (Å²) in [5.74, 6) is -1.93. The highest BCUT2D eigenvalue weighted by Gasteiger charge is 2.25. The Morgan fingerprint density at radius 1 is 0.222 bits per heavy atom. The Hall–Kier alpha value is -6.42. The average Bonchev–Trinajstić information content (AvgIpc) is 1.82. The van der Waals surface area contributed by atoms with Gasteiger partial charge in [-0.2, -0.15) is 50.5 Å². The molecule has 0 saturated heterocycles. The molecular formula is C60H72O24S6. The first-order valence-electron chi connectivity index (χ1n) is 28.5. The van der Waals surface area contributed by atoms with Gasteiger partial charge in [-0.05, 0) is 105 Å². The van der Waals surface area contributed by atoms with E-state index in [2.05, 4.69) is 0 Å². The van der Waals surface area contributed by atoms with Crippen molar-refractivity contribution in [2.75, 3.05) is 74.2 Å². The van der Waals surface area contributed by atoms with Crippen LogP contribution < -0.4 is 28.4 Å². The van der Waals surface area contributed by atoms with Crippen LogP contribution in [0.4, 0.5) is 0 Å². The molecule has 492 valence electrons. The summed E-state index contributed by atoms with van der Waals surface area (Å²) < 4.78 is 240. The zero-order chi connectivity index (χ0) is 65.3. The molecule has 0 aromatic heterocycles. The molecular weight excluding hydrogens is 1300 g/mol. The van der Waals surface area contributed by atoms with E-state index in [0.717, 1.165) is 0 Å². The molecule has 7 rings (SSSR count). The van der Waals surface area contributed by atoms with Gasteiger partial charge >= 0.3 is 0 Å². The van der Waals surface area contributed by atoms with Crippen LogP contribution in [0.3, 0.4) is 0 Å². The van der Waals surface area contributed by atoms with Gasteiger partial charge in [-0.3, -0.25) is 27.3 Å². The monoisotopic (exact) mass is 1370 g/mol. The molecule has 0 amide bonds. The fourth-order valence-electron chi connectivity index (χ4n) is 10.3. The van der Waals surface area contributed by atoms with E-state index < -0.39 is 95.2 Å². The molecule has 0 radical (unpaired) electrons. The van der Waals surface area contributed by atoms with Gasteiger partial charge in [0.15, 0.2) is 0 Å². The van der Waals surface area contributed by atoms with E-state index in [9.17, 15) is 77.8 Å². The Morgan fingerprint density at radius 3 is 0.433 bits per heavy atom. The second-order valence-electron chi connectivity index (χ2n) is 21.4. The maximum atomic E-state index is 11.9. The minimum Gasteiger partial charge on any atom is -0.493 e. The van der Waals surface area contributed by atoms with Gasteiger partial charge in [0.05, 0.1) is 74.2 Å². The van der Waals surface area contributed by atoms with Crippen molar-refractivity contribution in [3.63, 3.8) is 0 Å². The second-order valence-corrected chi connectivity index (χ2v) is 30.9. The van der Waals surface area contributed by atoms with Crippen LogP contribution in [0.1, 0.15) is 105 Å². The number of rotatable bonds is 30. The Kier molecular flexibility index (Phi) is 25.1. The predicted molar refractivity (Wildman–Crippen MR) is 335 cm³/mol. The maximum Gasteiger partial charge on any atom is 0.264 e. The number of benzene rings is 6. The van der Waals surface area contributed by atoms with E-state index in [1.807, 2.05) is 0 Å². The Labute approximate surface area is 525 Å². The molecule has 0 spiro atoms. The number of hydrogen-bond donors (Lipinski definition) is 6. The molecule has 6 N–H and O–H groups in total. The van der Waals surface area contributed by atoms with Crippen molar-refractivity contribution in [1.82, 2.24) is 0 Å². The van der Waals surface area contributed by atoms with Crippen LogP contribution in [0.5, 0.6) is 34.5 Å². The first kappa shape index (κ1) is 71.0. The van der Waals surface area contributed by atoms with Crippen molar-refractivity contribution in [2.45, 2.75) is 77.0 Å². The van der Waals surface area contributed by atoms with Crippen LogP contribution >= 0.6 is 0 Å². The van der Waals surface area contributed by atoms with E-state index in [4.69, 9.17) is 28.4 Å². The molecule has 0 heterocycles. The average molecular weight is 1370 g/mol. The summed E-state index contributed by atoms with van der Waals surface area (Å²) >= 11 is 0. The SMILES string of the molecule is O=S(=O)(O)CCCOc1c2cccc1Cc1cccc(c1OCCCS(=O)(=O)O)Cc1cccc(c1OCCCS(=O)(=O)O)Cc1cccc(c1OCCCS(=O)(=O)O)Cc1cccc(c1OCCCS(=O)(=O)O)Cc1cccc(c1OCCCS(=O)(=O)O)C2. The first-order valence-corrected chi connectivity index (χ1v) is 38.1. The van der Waals surface area contributed by atoms with Gasteiger partial charge in [-0.1, -0.05) is 109 Å². The van der Waals surface area contributed by atoms with Crippen LogP contribution in [-0.2, 0) is 99.2 Å². The second kappa shape index (κ2) is 31.7. The highest BCUT2D eigenvalue weighted by molar-refractivity contribution is 7.86. The Morgan fingerprint density at radius 2 is 0.333 bits per heavy atom. The van der Waals surface area contributed by atoms with Crippen molar-refractivity contribution < 1.29 is 106 Å². The summed E-state index contributed by atoms with van der Waals surface area (Å²) in [7, 11) is -26.4. The molecule has 1 aliphatic rings. The summed E-state index contributed by atoms with van der Waals surface area (Å²) in [6.07, 6.45) is -0.391. The van der Waals surface area contributed by atoms with E-state index in [1.165, 1.54) is 0 Å². The lowest BCUT2D eigenvalue weighted by Crippen LogP contribution is -2.13. The number of ether oxygens (including phenoxy) is 6. The summed E-state index contributed by atoms with van der Waals surface area (Å²) in [6.45, 7) is -1.17. The van der Waals surface area contributed by atoms with E-state index in [-0.39, 0.29) is 117 Å². The fraction of sp³-hybridized carbons (Fsp3) is 0.400. The van der Waals surface area contributed by atoms with Crippen LogP contribution in [0.25, 0.3) is 0 Å². The third-order valence-electron chi connectivity index (χ3n) is 14.1. The molecule has 0 aliphatic heterocycles. The van der Waals surface area contributed by atoms with Gasteiger partial charge < -0.3 is 28.4 Å². The smallest absolute Gasteiger partial charge is 0.264 e. The molecule has 0 saturated carbocycles. The molecule has 24 nitrogen and oxygen atoms in total. The lowest BCUT2D eigenvalue weighted by Gasteiger charge is -2.23. The molecule has 1 aliphatic carbocycles. The predicted octanol–water partition coefficient (Wildman–Crippen LogP) is 7.49. The molecule has 6 aromatic carbocycles. The van der Waals surface area contributed by atoms with Crippen LogP contribution in [0, 0.1) is 0 Å². The minimum absolute atomic E-state index is 0.0632. The summed E-state index contributed by atoms with van der Waals surface area (Å²) in [4.78, 5) is 0. The van der Waals surface area contributed by atoms with Crippen molar-refractivity contribution in [2.24, 2.45) is 0 Å². The van der Waals surface area contributed by atoms with Gasteiger partial charge in [-0.25, -0.2) is 0 Å². The quantitative estimate of drug-likeness (QED) is 0.0187. The van der Waals surface area contributed by atoms with Gasteiger partial charge in [0.25, 0.3) is 60.7 Å².